The lowest BCUT2D eigenvalue weighted by Crippen LogP contribution is -2.20. The highest BCUT2D eigenvalue weighted by molar-refractivity contribution is 9.10. The van der Waals surface area contributed by atoms with Crippen LogP contribution in [0.1, 0.15) is 31.1 Å². The van der Waals surface area contributed by atoms with Gasteiger partial charge in [-0.05, 0) is 37.5 Å². The molecule has 1 aliphatic rings. The van der Waals surface area contributed by atoms with Crippen LogP contribution in [0.15, 0.2) is 28.9 Å². The van der Waals surface area contributed by atoms with Crippen molar-refractivity contribution in [2.45, 2.75) is 25.5 Å². The molecule has 0 aliphatic carbocycles. The SMILES string of the molecule is COc1cc(Br)cc(C#N)c1-c1ccnn1C1CCCCO1. The standard InChI is InChI=1S/C16H16BrN3O2/c1-21-14-9-12(17)8-11(10-18)16(14)13-5-6-19-20(13)15-4-2-3-7-22-15/h5-6,8-9,15H,2-4,7H2,1H3. The van der Waals surface area contributed by atoms with Gasteiger partial charge in [0.2, 0.25) is 0 Å². The number of nitrogens with zero attached hydrogens (tertiary/aromatic N) is 3. The van der Waals surface area contributed by atoms with Gasteiger partial charge in [-0.25, -0.2) is 4.68 Å². The van der Waals surface area contributed by atoms with Crippen LogP contribution in [-0.2, 0) is 4.74 Å². The van der Waals surface area contributed by atoms with E-state index in [9.17, 15) is 5.26 Å². The Morgan fingerprint density at radius 1 is 1.45 bits per heavy atom. The molecule has 0 spiro atoms. The minimum Gasteiger partial charge on any atom is -0.496 e. The fourth-order valence-electron chi connectivity index (χ4n) is 2.75. The quantitative estimate of drug-likeness (QED) is 0.831. The molecule has 1 saturated heterocycles. The van der Waals surface area contributed by atoms with E-state index in [1.165, 1.54) is 0 Å². The number of nitriles is 1. The Morgan fingerprint density at radius 3 is 3.00 bits per heavy atom. The van der Waals surface area contributed by atoms with E-state index in [4.69, 9.17) is 9.47 Å². The largest absolute Gasteiger partial charge is 0.496 e. The predicted octanol–water partition coefficient (Wildman–Crippen LogP) is 3.89. The summed E-state index contributed by atoms with van der Waals surface area (Å²) < 4.78 is 14.0. The van der Waals surface area contributed by atoms with Crippen LogP contribution < -0.4 is 4.74 Å². The zero-order valence-electron chi connectivity index (χ0n) is 12.3. The Hall–Kier alpha value is -1.84. The second kappa shape index (κ2) is 6.51. The van der Waals surface area contributed by atoms with Crippen LogP contribution in [0.3, 0.4) is 0 Å². The van der Waals surface area contributed by atoms with Gasteiger partial charge in [-0.1, -0.05) is 15.9 Å². The molecule has 1 aromatic carbocycles. The third-order valence-electron chi connectivity index (χ3n) is 3.76. The summed E-state index contributed by atoms with van der Waals surface area (Å²) in [5.74, 6) is 0.642. The van der Waals surface area contributed by atoms with Gasteiger partial charge in [0, 0.05) is 17.3 Å². The van der Waals surface area contributed by atoms with E-state index >= 15 is 0 Å². The molecule has 1 aliphatic heterocycles. The van der Waals surface area contributed by atoms with Crippen molar-refractivity contribution in [1.82, 2.24) is 9.78 Å². The minimum atomic E-state index is -0.0846. The first-order valence-electron chi connectivity index (χ1n) is 7.17. The molecule has 0 radical (unpaired) electrons. The third kappa shape index (κ3) is 2.74. The van der Waals surface area contributed by atoms with Crippen LogP contribution in [-0.4, -0.2) is 23.5 Å². The van der Waals surface area contributed by atoms with Crippen LogP contribution in [0, 0.1) is 11.3 Å². The highest BCUT2D eigenvalue weighted by atomic mass is 79.9. The number of hydrogen-bond donors (Lipinski definition) is 0. The molecule has 1 atom stereocenters. The van der Waals surface area contributed by atoms with Gasteiger partial charge in [0.25, 0.3) is 0 Å². The summed E-state index contributed by atoms with van der Waals surface area (Å²) in [5.41, 5.74) is 2.14. The Morgan fingerprint density at radius 2 is 2.32 bits per heavy atom. The molecule has 1 aromatic heterocycles. The summed E-state index contributed by atoms with van der Waals surface area (Å²) in [6.45, 7) is 0.743. The maximum Gasteiger partial charge on any atom is 0.150 e. The maximum absolute atomic E-state index is 9.48. The molecule has 3 rings (SSSR count). The van der Waals surface area contributed by atoms with Crippen molar-refractivity contribution in [2.75, 3.05) is 13.7 Å². The summed E-state index contributed by atoms with van der Waals surface area (Å²) in [6.07, 6.45) is 4.77. The Balaban J connectivity index is 2.12. The van der Waals surface area contributed by atoms with Gasteiger partial charge in [0.05, 0.1) is 23.9 Å². The molecule has 1 unspecified atom stereocenters. The Bertz CT molecular complexity index is 715. The van der Waals surface area contributed by atoms with Gasteiger partial charge in [-0.3, -0.25) is 0 Å². The first kappa shape index (κ1) is 15.1. The second-order valence-electron chi connectivity index (χ2n) is 5.12. The van der Waals surface area contributed by atoms with E-state index in [0.717, 1.165) is 41.6 Å². The van der Waals surface area contributed by atoms with Gasteiger partial charge < -0.3 is 9.47 Å². The summed E-state index contributed by atoms with van der Waals surface area (Å²) in [4.78, 5) is 0. The smallest absolute Gasteiger partial charge is 0.150 e. The van der Waals surface area contributed by atoms with E-state index < -0.39 is 0 Å². The zero-order chi connectivity index (χ0) is 15.5. The van der Waals surface area contributed by atoms with Crippen LogP contribution in [0.2, 0.25) is 0 Å². The minimum absolute atomic E-state index is 0.0846. The third-order valence-corrected chi connectivity index (χ3v) is 4.22. The topological polar surface area (TPSA) is 60.1 Å². The molecule has 0 N–H and O–H groups in total. The van der Waals surface area contributed by atoms with E-state index in [2.05, 4.69) is 27.1 Å². The van der Waals surface area contributed by atoms with Gasteiger partial charge in [0.15, 0.2) is 6.23 Å². The van der Waals surface area contributed by atoms with Crippen molar-refractivity contribution in [2.24, 2.45) is 0 Å². The molecular formula is C16H16BrN3O2. The highest BCUT2D eigenvalue weighted by Crippen LogP contribution is 2.38. The number of hydrogen-bond acceptors (Lipinski definition) is 4. The van der Waals surface area contributed by atoms with Gasteiger partial charge in [-0.15, -0.1) is 0 Å². The molecule has 2 heterocycles. The van der Waals surface area contributed by atoms with Crippen molar-refractivity contribution in [1.29, 1.82) is 5.26 Å². The van der Waals surface area contributed by atoms with Gasteiger partial charge >= 0.3 is 0 Å². The van der Waals surface area contributed by atoms with Crippen LogP contribution in [0.4, 0.5) is 0 Å². The lowest BCUT2D eigenvalue weighted by atomic mass is 10.0. The predicted molar refractivity (Wildman–Crippen MR) is 85.5 cm³/mol. The molecule has 114 valence electrons. The number of aromatic nitrogens is 2. The monoisotopic (exact) mass is 361 g/mol. The van der Waals surface area contributed by atoms with Crippen LogP contribution >= 0.6 is 15.9 Å². The van der Waals surface area contributed by atoms with Crippen molar-refractivity contribution < 1.29 is 9.47 Å². The highest BCUT2D eigenvalue weighted by Gasteiger charge is 2.23. The fourth-order valence-corrected chi connectivity index (χ4v) is 3.19. The normalized spacial score (nSPS) is 18.0. The lowest BCUT2D eigenvalue weighted by Gasteiger charge is -2.25. The van der Waals surface area contributed by atoms with Crippen LogP contribution in [0.5, 0.6) is 5.75 Å². The summed E-state index contributed by atoms with van der Waals surface area (Å²) >= 11 is 3.41. The second-order valence-corrected chi connectivity index (χ2v) is 6.04. The molecule has 6 heteroatoms. The first-order chi connectivity index (χ1) is 10.7. The lowest BCUT2D eigenvalue weighted by molar-refractivity contribution is -0.0383. The van der Waals surface area contributed by atoms with E-state index in [-0.39, 0.29) is 6.23 Å². The number of halogens is 1. The number of rotatable bonds is 3. The molecule has 0 saturated carbocycles. The Kier molecular flexibility index (Phi) is 4.46. The van der Waals surface area contributed by atoms with Crippen molar-refractivity contribution in [3.63, 3.8) is 0 Å². The maximum atomic E-state index is 9.48. The Labute approximate surface area is 137 Å². The summed E-state index contributed by atoms with van der Waals surface area (Å²) in [6, 6.07) is 7.78. The average molecular weight is 362 g/mol. The zero-order valence-corrected chi connectivity index (χ0v) is 13.8. The van der Waals surface area contributed by atoms with Crippen molar-refractivity contribution in [3.8, 4) is 23.1 Å². The van der Waals surface area contributed by atoms with Gasteiger partial charge in [0.1, 0.15) is 11.8 Å². The van der Waals surface area contributed by atoms with Gasteiger partial charge in [-0.2, -0.15) is 10.4 Å². The van der Waals surface area contributed by atoms with E-state index in [1.54, 1.807) is 19.4 Å². The molecule has 0 bridgehead atoms. The van der Waals surface area contributed by atoms with E-state index in [1.807, 2.05) is 16.8 Å². The first-order valence-corrected chi connectivity index (χ1v) is 7.97. The molecule has 2 aromatic rings. The number of benzene rings is 1. The molecule has 1 fully saturated rings. The molecular weight excluding hydrogens is 346 g/mol. The van der Waals surface area contributed by atoms with Crippen molar-refractivity contribution >= 4 is 15.9 Å². The van der Waals surface area contributed by atoms with Crippen LogP contribution in [0.25, 0.3) is 11.3 Å². The number of ether oxygens (including phenoxy) is 2. The molecule has 22 heavy (non-hydrogen) atoms. The summed E-state index contributed by atoms with van der Waals surface area (Å²) in [5, 5.41) is 13.9. The van der Waals surface area contributed by atoms with E-state index in [0.29, 0.717) is 11.3 Å². The average Bonchev–Trinajstić information content (AvgIpc) is 3.03. The molecule has 5 nitrogen and oxygen atoms in total. The molecule has 0 amide bonds. The van der Waals surface area contributed by atoms with Crippen molar-refractivity contribution in [3.05, 3.63) is 34.4 Å². The summed E-state index contributed by atoms with van der Waals surface area (Å²) in [7, 11) is 1.60. The fraction of sp³-hybridized carbons (Fsp3) is 0.375. The number of methoxy groups -OCH3 is 1.